The lowest BCUT2D eigenvalue weighted by atomic mass is 10.0. The molecule has 1 aromatic carbocycles. The van der Waals surface area contributed by atoms with Crippen LogP contribution in [0.5, 0.6) is 0 Å². The zero-order chi connectivity index (χ0) is 18.9. The Morgan fingerprint density at radius 3 is 2.35 bits per heavy atom. The number of nitrogens with one attached hydrogen (secondary N) is 1. The summed E-state index contributed by atoms with van der Waals surface area (Å²) in [6.45, 7) is 4.93. The summed E-state index contributed by atoms with van der Waals surface area (Å²) >= 11 is 1.19. The van der Waals surface area contributed by atoms with Gasteiger partial charge in [0.25, 0.3) is 10.0 Å². The fourth-order valence-electron chi connectivity index (χ4n) is 2.97. The van der Waals surface area contributed by atoms with Crippen LogP contribution in [-0.2, 0) is 20.0 Å². The van der Waals surface area contributed by atoms with Gasteiger partial charge in [-0.1, -0.05) is 6.92 Å². The monoisotopic (exact) mass is 414 g/mol. The standard InChI is InChI=1S/C17H22N2O4S3/c1-13-4-3-11-19(12-13)26(22,23)16-8-6-15(7-9-16)18-25(20,21)17-10-5-14(2)24-17/h5-10,13,18H,3-4,11-12H2,1-2H3. The highest BCUT2D eigenvalue weighted by Crippen LogP contribution is 2.26. The molecule has 1 atom stereocenters. The van der Waals surface area contributed by atoms with E-state index in [-0.39, 0.29) is 9.10 Å². The lowest BCUT2D eigenvalue weighted by Crippen LogP contribution is -2.39. The van der Waals surface area contributed by atoms with Gasteiger partial charge in [-0.25, -0.2) is 16.8 Å². The molecule has 1 aromatic heterocycles. The van der Waals surface area contributed by atoms with Gasteiger partial charge in [-0.2, -0.15) is 4.31 Å². The van der Waals surface area contributed by atoms with Gasteiger partial charge in [0.1, 0.15) is 4.21 Å². The van der Waals surface area contributed by atoms with Crippen molar-refractivity contribution < 1.29 is 16.8 Å². The zero-order valence-corrected chi connectivity index (χ0v) is 17.1. The first-order chi connectivity index (χ1) is 12.2. The van der Waals surface area contributed by atoms with Crippen molar-refractivity contribution in [3.05, 3.63) is 41.3 Å². The molecule has 1 aliphatic heterocycles. The fraction of sp³-hybridized carbons (Fsp3) is 0.412. The van der Waals surface area contributed by atoms with Gasteiger partial charge in [-0.15, -0.1) is 11.3 Å². The van der Waals surface area contributed by atoms with E-state index in [4.69, 9.17) is 0 Å². The Hall–Kier alpha value is -1.42. The second-order valence-corrected chi connectivity index (χ2v) is 11.7. The number of aryl methyl sites for hydroxylation is 1. The molecule has 0 amide bonds. The van der Waals surface area contributed by atoms with Crippen molar-refractivity contribution >= 4 is 37.1 Å². The second kappa shape index (κ2) is 7.30. The Bertz CT molecular complexity index is 979. The van der Waals surface area contributed by atoms with Gasteiger partial charge >= 0.3 is 0 Å². The topological polar surface area (TPSA) is 83.5 Å². The molecule has 142 valence electrons. The van der Waals surface area contributed by atoms with Gasteiger partial charge in [0.2, 0.25) is 10.0 Å². The van der Waals surface area contributed by atoms with Crippen LogP contribution in [0.4, 0.5) is 5.69 Å². The van der Waals surface area contributed by atoms with Crippen LogP contribution in [0.2, 0.25) is 0 Å². The Morgan fingerprint density at radius 2 is 1.77 bits per heavy atom. The van der Waals surface area contributed by atoms with Gasteiger partial charge < -0.3 is 0 Å². The van der Waals surface area contributed by atoms with Crippen molar-refractivity contribution in [1.82, 2.24) is 4.31 Å². The molecule has 9 heteroatoms. The molecule has 0 bridgehead atoms. The molecule has 1 N–H and O–H groups in total. The molecule has 0 radical (unpaired) electrons. The third-order valence-corrected chi connectivity index (χ3v) is 9.10. The number of thiophene rings is 1. The maximum Gasteiger partial charge on any atom is 0.271 e. The average molecular weight is 415 g/mol. The SMILES string of the molecule is Cc1ccc(S(=O)(=O)Nc2ccc(S(=O)(=O)N3CCCC(C)C3)cc2)s1. The zero-order valence-electron chi connectivity index (χ0n) is 14.7. The van der Waals surface area contributed by atoms with Crippen LogP contribution in [0.1, 0.15) is 24.6 Å². The van der Waals surface area contributed by atoms with Crippen molar-refractivity contribution in [3.63, 3.8) is 0 Å². The average Bonchev–Trinajstić information content (AvgIpc) is 3.02. The summed E-state index contributed by atoms with van der Waals surface area (Å²) in [4.78, 5) is 1.09. The summed E-state index contributed by atoms with van der Waals surface area (Å²) in [5, 5.41) is 0. The van der Waals surface area contributed by atoms with E-state index in [1.165, 1.54) is 39.9 Å². The third kappa shape index (κ3) is 4.11. The first kappa shape index (κ1) is 19.3. The number of sulfonamides is 2. The first-order valence-corrected chi connectivity index (χ1v) is 12.1. The quantitative estimate of drug-likeness (QED) is 0.814. The molecule has 0 spiro atoms. The minimum absolute atomic E-state index is 0.182. The van der Waals surface area contributed by atoms with Crippen molar-refractivity contribution in [2.75, 3.05) is 17.8 Å². The summed E-state index contributed by atoms with van der Waals surface area (Å²) < 4.78 is 54.4. The molecule has 2 heterocycles. The molecule has 1 aliphatic rings. The Labute approximate surface area is 159 Å². The predicted molar refractivity (Wildman–Crippen MR) is 103 cm³/mol. The molecule has 2 aromatic rings. The highest BCUT2D eigenvalue weighted by atomic mass is 32.2. The number of rotatable bonds is 5. The normalized spacial score (nSPS) is 19.4. The summed E-state index contributed by atoms with van der Waals surface area (Å²) in [6.07, 6.45) is 1.90. The van der Waals surface area contributed by atoms with Gasteiger partial charge in [0.15, 0.2) is 0 Å². The highest BCUT2D eigenvalue weighted by Gasteiger charge is 2.28. The number of hydrogen-bond acceptors (Lipinski definition) is 5. The van der Waals surface area contributed by atoms with Crippen molar-refractivity contribution in [2.24, 2.45) is 5.92 Å². The Kier molecular flexibility index (Phi) is 5.43. The van der Waals surface area contributed by atoms with E-state index < -0.39 is 20.0 Å². The molecule has 1 fully saturated rings. The first-order valence-electron chi connectivity index (χ1n) is 8.38. The van der Waals surface area contributed by atoms with Gasteiger partial charge in [-0.3, -0.25) is 4.72 Å². The van der Waals surface area contributed by atoms with Crippen LogP contribution < -0.4 is 4.72 Å². The molecule has 1 saturated heterocycles. The van der Waals surface area contributed by atoms with E-state index in [0.29, 0.717) is 24.7 Å². The maximum atomic E-state index is 12.7. The van der Waals surface area contributed by atoms with E-state index in [1.54, 1.807) is 12.1 Å². The second-order valence-electron chi connectivity index (χ2n) is 6.61. The molecule has 26 heavy (non-hydrogen) atoms. The van der Waals surface area contributed by atoms with E-state index in [9.17, 15) is 16.8 Å². The molecule has 0 saturated carbocycles. The Balaban J connectivity index is 1.78. The summed E-state index contributed by atoms with van der Waals surface area (Å²) in [5.74, 6) is 0.346. The lowest BCUT2D eigenvalue weighted by molar-refractivity contribution is 0.281. The smallest absolute Gasteiger partial charge is 0.271 e. The van der Waals surface area contributed by atoms with E-state index in [2.05, 4.69) is 4.72 Å². The third-order valence-electron chi connectivity index (χ3n) is 4.34. The van der Waals surface area contributed by atoms with Gasteiger partial charge in [-0.05, 0) is 62.1 Å². The summed E-state index contributed by atoms with van der Waals surface area (Å²) in [5.41, 5.74) is 0.335. The number of anilines is 1. The number of hydrogen-bond donors (Lipinski definition) is 1. The van der Waals surface area contributed by atoms with Crippen molar-refractivity contribution in [1.29, 1.82) is 0 Å². The van der Waals surface area contributed by atoms with E-state index >= 15 is 0 Å². The van der Waals surface area contributed by atoms with E-state index in [0.717, 1.165) is 17.7 Å². The molecule has 0 aliphatic carbocycles. The molecule has 6 nitrogen and oxygen atoms in total. The minimum atomic E-state index is -3.66. The fourth-order valence-corrected chi connectivity index (χ4v) is 6.91. The number of piperidine rings is 1. The van der Waals surface area contributed by atoms with Crippen LogP contribution in [0.3, 0.4) is 0 Å². The van der Waals surface area contributed by atoms with Crippen molar-refractivity contribution in [2.45, 2.75) is 35.8 Å². The van der Waals surface area contributed by atoms with Gasteiger partial charge in [0.05, 0.1) is 4.90 Å². The summed E-state index contributed by atoms with van der Waals surface area (Å²) in [7, 11) is -7.21. The van der Waals surface area contributed by atoms with Crippen LogP contribution in [0.25, 0.3) is 0 Å². The number of nitrogens with zero attached hydrogens (tertiary/aromatic N) is 1. The predicted octanol–water partition coefficient (Wildman–Crippen LogP) is 3.28. The number of benzene rings is 1. The largest absolute Gasteiger partial charge is 0.279 e. The molecule has 3 rings (SSSR count). The van der Waals surface area contributed by atoms with Crippen LogP contribution in [-0.4, -0.2) is 34.2 Å². The van der Waals surface area contributed by atoms with Crippen molar-refractivity contribution in [3.8, 4) is 0 Å². The molecule has 1 unspecified atom stereocenters. The maximum absolute atomic E-state index is 12.7. The molecular formula is C17H22N2O4S3. The highest BCUT2D eigenvalue weighted by molar-refractivity contribution is 7.94. The van der Waals surface area contributed by atoms with Crippen LogP contribution in [0.15, 0.2) is 45.5 Å². The minimum Gasteiger partial charge on any atom is -0.279 e. The van der Waals surface area contributed by atoms with Crippen LogP contribution >= 0.6 is 11.3 Å². The van der Waals surface area contributed by atoms with Gasteiger partial charge in [0, 0.05) is 23.7 Å². The molecular weight excluding hydrogens is 392 g/mol. The lowest BCUT2D eigenvalue weighted by Gasteiger charge is -2.30. The Morgan fingerprint density at radius 1 is 1.08 bits per heavy atom. The summed E-state index contributed by atoms with van der Waals surface area (Å²) in [6, 6.07) is 9.17. The van der Waals surface area contributed by atoms with E-state index in [1.807, 2.05) is 13.8 Å². The van der Waals surface area contributed by atoms with Crippen LogP contribution in [0, 0.1) is 12.8 Å².